The Kier molecular flexibility index (Phi) is 5.51. The van der Waals surface area contributed by atoms with Gasteiger partial charge in [0, 0.05) is 50.7 Å². The molecule has 0 aliphatic carbocycles. The van der Waals surface area contributed by atoms with Gasteiger partial charge in [-0.15, -0.1) is 0 Å². The molecule has 2 aromatic heterocycles. The molecule has 7 heteroatoms. The van der Waals surface area contributed by atoms with Crippen molar-refractivity contribution >= 4 is 5.95 Å². The van der Waals surface area contributed by atoms with Crippen molar-refractivity contribution in [3.8, 4) is 0 Å². The lowest BCUT2D eigenvalue weighted by Gasteiger charge is -2.34. The molecule has 1 aromatic carbocycles. The van der Waals surface area contributed by atoms with Crippen molar-refractivity contribution in [2.24, 2.45) is 0 Å². The van der Waals surface area contributed by atoms with Crippen LogP contribution in [0.15, 0.2) is 61.1 Å². The molecular weight excluding hydrogens is 369 g/mol. The van der Waals surface area contributed by atoms with Crippen LogP contribution in [0, 0.1) is 5.82 Å². The van der Waals surface area contributed by atoms with Crippen molar-refractivity contribution in [2.75, 3.05) is 31.1 Å². The number of aliphatic hydroxyl groups is 1. The molecule has 1 saturated heterocycles. The summed E-state index contributed by atoms with van der Waals surface area (Å²) < 4.78 is 13.1. The van der Waals surface area contributed by atoms with Crippen LogP contribution in [-0.4, -0.2) is 51.1 Å². The summed E-state index contributed by atoms with van der Waals surface area (Å²) in [7, 11) is 0. The highest BCUT2D eigenvalue weighted by atomic mass is 19.1. The average molecular weight is 393 g/mol. The Bertz CT molecular complexity index is 924. The van der Waals surface area contributed by atoms with E-state index in [2.05, 4.69) is 49.0 Å². The minimum atomic E-state index is -1.39. The van der Waals surface area contributed by atoms with E-state index in [4.69, 9.17) is 0 Å². The Labute approximate surface area is 169 Å². The van der Waals surface area contributed by atoms with Crippen LogP contribution in [0.25, 0.3) is 0 Å². The van der Waals surface area contributed by atoms with Crippen molar-refractivity contribution in [3.05, 3.63) is 83.7 Å². The van der Waals surface area contributed by atoms with E-state index in [1.807, 2.05) is 6.07 Å². The number of nitrogens with zero attached hydrogens (tertiary/aromatic N) is 5. The predicted octanol–water partition coefficient (Wildman–Crippen LogP) is 2.59. The van der Waals surface area contributed by atoms with Gasteiger partial charge in [-0.05, 0) is 24.6 Å². The summed E-state index contributed by atoms with van der Waals surface area (Å²) in [4.78, 5) is 17.5. The first-order valence-electron chi connectivity index (χ1n) is 9.70. The molecule has 0 bridgehead atoms. The minimum Gasteiger partial charge on any atom is -0.379 e. The number of benzene rings is 1. The van der Waals surface area contributed by atoms with Crippen LogP contribution in [-0.2, 0) is 12.1 Å². The van der Waals surface area contributed by atoms with Crippen molar-refractivity contribution in [1.29, 1.82) is 0 Å². The van der Waals surface area contributed by atoms with Gasteiger partial charge in [-0.3, -0.25) is 9.88 Å². The topological polar surface area (TPSA) is 65.4 Å². The third-order valence-electron chi connectivity index (χ3n) is 5.33. The standard InChI is InChI=1S/C22H24FN5O/c1-22(29,20-8-7-19(23)15-24-20)18-13-25-21(26-14-18)28-11-9-27(10-12-28)16-17-5-3-2-4-6-17/h2-8,13-15,29H,9-12,16H2,1H3. The molecule has 1 aliphatic heterocycles. The summed E-state index contributed by atoms with van der Waals surface area (Å²) in [6, 6.07) is 13.2. The fourth-order valence-corrected chi connectivity index (χ4v) is 3.50. The second-order valence-corrected chi connectivity index (χ2v) is 7.45. The first-order chi connectivity index (χ1) is 14.0. The quantitative estimate of drug-likeness (QED) is 0.719. The fourth-order valence-electron chi connectivity index (χ4n) is 3.50. The Morgan fingerprint density at radius 2 is 1.62 bits per heavy atom. The molecule has 29 heavy (non-hydrogen) atoms. The Morgan fingerprint density at radius 3 is 2.24 bits per heavy atom. The molecule has 1 unspecified atom stereocenters. The predicted molar refractivity (Wildman–Crippen MR) is 109 cm³/mol. The summed E-state index contributed by atoms with van der Waals surface area (Å²) in [6.07, 6.45) is 4.32. The summed E-state index contributed by atoms with van der Waals surface area (Å²) in [5.41, 5.74) is 0.798. The molecule has 0 radical (unpaired) electrons. The highest BCUT2D eigenvalue weighted by Gasteiger charge is 2.29. The number of halogens is 1. The van der Waals surface area contributed by atoms with Crippen molar-refractivity contribution in [1.82, 2.24) is 19.9 Å². The largest absolute Gasteiger partial charge is 0.379 e. The van der Waals surface area contributed by atoms with Crippen LogP contribution in [0.2, 0.25) is 0 Å². The van der Waals surface area contributed by atoms with Crippen LogP contribution in [0.5, 0.6) is 0 Å². The normalized spacial score (nSPS) is 17.1. The van der Waals surface area contributed by atoms with E-state index >= 15 is 0 Å². The fraction of sp³-hybridized carbons (Fsp3) is 0.318. The van der Waals surface area contributed by atoms with E-state index in [1.54, 1.807) is 19.3 Å². The summed E-state index contributed by atoms with van der Waals surface area (Å²) in [6.45, 7) is 6.13. The number of hydrogen-bond donors (Lipinski definition) is 1. The highest BCUT2D eigenvalue weighted by Crippen LogP contribution is 2.27. The Balaban J connectivity index is 1.39. The lowest BCUT2D eigenvalue weighted by atomic mass is 9.94. The lowest BCUT2D eigenvalue weighted by Crippen LogP contribution is -2.46. The zero-order valence-corrected chi connectivity index (χ0v) is 16.4. The van der Waals surface area contributed by atoms with Crippen LogP contribution >= 0.6 is 0 Å². The number of rotatable bonds is 5. The number of aromatic nitrogens is 3. The summed E-state index contributed by atoms with van der Waals surface area (Å²) in [5, 5.41) is 10.8. The van der Waals surface area contributed by atoms with E-state index in [9.17, 15) is 9.50 Å². The monoisotopic (exact) mass is 393 g/mol. The minimum absolute atomic E-state index is 0.352. The van der Waals surface area contributed by atoms with E-state index in [-0.39, 0.29) is 0 Å². The smallest absolute Gasteiger partial charge is 0.225 e. The first kappa shape index (κ1) is 19.4. The molecular formula is C22H24FN5O. The summed E-state index contributed by atoms with van der Waals surface area (Å²) >= 11 is 0. The zero-order chi connectivity index (χ0) is 20.3. The Morgan fingerprint density at radius 1 is 0.931 bits per heavy atom. The van der Waals surface area contributed by atoms with Crippen LogP contribution in [0.4, 0.5) is 10.3 Å². The highest BCUT2D eigenvalue weighted by molar-refractivity contribution is 5.34. The second-order valence-electron chi connectivity index (χ2n) is 7.45. The summed E-state index contributed by atoms with van der Waals surface area (Å²) in [5.74, 6) is 0.207. The van der Waals surface area contributed by atoms with Gasteiger partial charge >= 0.3 is 0 Å². The third-order valence-corrected chi connectivity index (χ3v) is 5.33. The van der Waals surface area contributed by atoms with Gasteiger partial charge in [-0.25, -0.2) is 14.4 Å². The van der Waals surface area contributed by atoms with Crippen LogP contribution < -0.4 is 4.90 Å². The number of piperazine rings is 1. The molecule has 4 rings (SSSR count). The third kappa shape index (κ3) is 4.41. The van der Waals surface area contributed by atoms with E-state index in [0.717, 1.165) is 38.9 Å². The average Bonchev–Trinajstić information content (AvgIpc) is 2.75. The maximum absolute atomic E-state index is 13.1. The van der Waals surface area contributed by atoms with E-state index < -0.39 is 11.4 Å². The molecule has 1 aliphatic rings. The molecule has 150 valence electrons. The zero-order valence-electron chi connectivity index (χ0n) is 16.4. The van der Waals surface area contributed by atoms with E-state index in [1.165, 1.54) is 17.7 Å². The molecule has 0 spiro atoms. The van der Waals surface area contributed by atoms with Gasteiger partial charge in [0.25, 0.3) is 0 Å². The van der Waals surface area contributed by atoms with Gasteiger partial charge in [0.2, 0.25) is 5.95 Å². The maximum atomic E-state index is 13.1. The molecule has 6 nitrogen and oxygen atoms in total. The second kappa shape index (κ2) is 8.23. The molecule has 0 amide bonds. The van der Waals surface area contributed by atoms with Crippen LogP contribution in [0.3, 0.4) is 0 Å². The number of hydrogen-bond acceptors (Lipinski definition) is 6. The van der Waals surface area contributed by atoms with Gasteiger partial charge < -0.3 is 10.0 Å². The molecule has 1 N–H and O–H groups in total. The number of anilines is 1. The van der Waals surface area contributed by atoms with Gasteiger partial charge in [-0.2, -0.15) is 0 Å². The molecule has 3 aromatic rings. The SMILES string of the molecule is CC(O)(c1cnc(N2CCN(Cc3ccccc3)CC2)nc1)c1ccc(F)cn1. The van der Waals surface area contributed by atoms with Gasteiger partial charge in [-0.1, -0.05) is 30.3 Å². The van der Waals surface area contributed by atoms with Gasteiger partial charge in [0.15, 0.2) is 0 Å². The lowest BCUT2D eigenvalue weighted by molar-refractivity contribution is 0.0964. The van der Waals surface area contributed by atoms with Crippen molar-refractivity contribution in [3.63, 3.8) is 0 Å². The van der Waals surface area contributed by atoms with E-state index in [0.29, 0.717) is 17.2 Å². The molecule has 1 fully saturated rings. The maximum Gasteiger partial charge on any atom is 0.225 e. The molecule has 1 atom stereocenters. The Hall–Kier alpha value is -2.90. The molecule has 3 heterocycles. The van der Waals surface area contributed by atoms with Gasteiger partial charge in [0.1, 0.15) is 11.4 Å². The van der Waals surface area contributed by atoms with Crippen LogP contribution in [0.1, 0.15) is 23.7 Å². The van der Waals surface area contributed by atoms with Gasteiger partial charge in [0.05, 0.1) is 11.9 Å². The van der Waals surface area contributed by atoms with Crippen molar-refractivity contribution < 1.29 is 9.50 Å². The number of pyridine rings is 1. The molecule has 0 saturated carbocycles. The first-order valence-corrected chi connectivity index (χ1v) is 9.70. The van der Waals surface area contributed by atoms with Crippen molar-refractivity contribution in [2.45, 2.75) is 19.1 Å².